The van der Waals surface area contributed by atoms with Crippen LogP contribution in [0.5, 0.6) is 0 Å². The van der Waals surface area contributed by atoms with Gasteiger partial charge in [0, 0.05) is 12.2 Å². The number of anilines is 1. The molecule has 0 heterocycles. The second-order valence-electron chi connectivity index (χ2n) is 5.34. The van der Waals surface area contributed by atoms with Crippen molar-refractivity contribution in [1.82, 2.24) is 4.90 Å². The first-order valence-corrected chi connectivity index (χ1v) is 7.47. The van der Waals surface area contributed by atoms with Crippen LogP contribution in [0, 0.1) is 0 Å². The summed E-state index contributed by atoms with van der Waals surface area (Å²) in [7, 11) is 0. The third-order valence-corrected chi connectivity index (χ3v) is 3.31. The summed E-state index contributed by atoms with van der Waals surface area (Å²) in [6.07, 6.45) is 6.11. The van der Waals surface area contributed by atoms with Crippen LogP contribution in [0.1, 0.15) is 44.6 Å². The highest BCUT2D eigenvalue weighted by Crippen LogP contribution is 2.11. The van der Waals surface area contributed by atoms with Gasteiger partial charge in [-0.1, -0.05) is 44.7 Å². The average Bonchev–Trinajstić information content (AvgIpc) is 2.37. The number of hydrogen-bond acceptors (Lipinski definition) is 3. The van der Waals surface area contributed by atoms with Crippen LogP contribution in [-0.4, -0.2) is 23.9 Å². The van der Waals surface area contributed by atoms with Crippen molar-refractivity contribution in [3.63, 3.8) is 0 Å². The van der Waals surface area contributed by atoms with Crippen molar-refractivity contribution in [3.8, 4) is 0 Å². The molecule has 0 bridgehead atoms. The van der Waals surface area contributed by atoms with E-state index in [9.17, 15) is 4.79 Å². The molecule has 0 atom stereocenters. The van der Waals surface area contributed by atoms with Crippen molar-refractivity contribution in [2.24, 2.45) is 5.73 Å². The first kappa shape index (κ1) is 16.5. The predicted molar refractivity (Wildman–Crippen MR) is 84.1 cm³/mol. The largest absolute Gasteiger partial charge is 0.399 e. The van der Waals surface area contributed by atoms with Gasteiger partial charge in [-0.05, 0) is 30.7 Å². The van der Waals surface area contributed by atoms with Crippen LogP contribution in [0.3, 0.4) is 0 Å². The molecule has 0 aliphatic carbocycles. The van der Waals surface area contributed by atoms with Gasteiger partial charge in [0.25, 0.3) is 0 Å². The van der Waals surface area contributed by atoms with E-state index in [1.807, 2.05) is 24.3 Å². The van der Waals surface area contributed by atoms with E-state index in [1.165, 1.54) is 25.7 Å². The predicted octanol–water partition coefficient (Wildman–Crippen LogP) is 2.53. The lowest BCUT2D eigenvalue weighted by Gasteiger charge is -2.21. The fraction of sp³-hybridized carbons (Fsp3) is 0.562. The van der Waals surface area contributed by atoms with E-state index in [0.717, 1.165) is 30.8 Å². The fourth-order valence-electron chi connectivity index (χ4n) is 2.32. The Kier molecular flexibility index (Phi) is 7.73. The Morgan fingerprint density at radius 2 is 1.95 bits per heavy atom. The zero-order valence-corrected chi connectivity index (χ0v) is 12.5. The van der Waals surface area contributed by atoms with E-state index in [0.29, 0.717) is 6.54 Å². The zero-order valence-electron chi connectivity index (χ0n) is 12.5. The molecular formula is C16H27N3O. The Bertz CT molecular complexity index is 406. The van der Waals surface area contributed by atoms with E-state index >= 15 is 0 Å². The summed E-state index contributed by atoms with van der Waals surface area (Å²) < 4.78 is 0. The molecule has 1 amide bonds. The van der Waals surface area contributed by atoms with Crippen LogP contribution in [0.4, 0.5) is 5.69 Å². The van der Waals surface area contributed by atoms with Gasteiger partial charge in [0.1, 0.15) is 0 Å². The SMILES string of the molecule is CCCCCCCN(CC(N)=O)Cc1cccc(N)c1. The number of carbonyl (C=O) groups is 1. The standard InChI is InChI=1S/C16H27N3O/c1-2-3-4-5-6-10-19(13-16(18)20)12-14-8-7-9-15(17)11-14/h7-9,11H,2-6,10,12-13,17H2,1H3,(H2,18,20). The lowest BCUT2D eigenvalue weighted by Crippen LogP contribution is -2.34. The van der Waals surface area contributed by atoms with Crippen LogP contribution in [0.25, 0.3) is 0 Å². The van der Waals surface area contributed by atoms with E-state index in [4.69, 9.17) is 11.5 Å². The Balaban J connectivity index is 2.45. The number of nitrogens with zero attached hydrogens (tertiary/aromatic N) is 1. The highest BCUT2D eigenvalue weighted by molar-refractivity contribution is 5.75. The number of primary amides is 1. The summed E-state index contributed by atoms with van der Waals surface area (Å²) in [5.74, 6) is -0.275. The van der Waals surface area contributed by atoms with Crippen molar-refractivity contribution in [2.75, 3.05) is 18.8 Å². The third kappa shape index (κ3) is 7.14. The minimum Gasteiger partial charge on any atom is -0.399 e. The summed E-state index contributed by atoms with van der Waals surface area (Å²) in [6, 6.07) is 7.79. The Morgan fingerprint density at radius 3 is 2.60 bits per heavy atom. The molecule has 4 nitrogen and oxygen atoms in total. The second-order valence-corrected chi connectivity index (χ2v) is 5.34. The fourth-order valence-corrected chi connectivity index (χ4v) is 2.32. The van der Waals surface area contributed by atoms with Gasteiger partial charge in [-0.15, -0.1) is 0 Å². The van der Waals surface area contributed by atoms with Crippen molar-refractivity contribution in [3.05, 3.63) is 29.8 Å². The topological polar surface area (TPSA) is 72.3 Å². The Hall–Kier alpha value is -1.55. The molecule has 0 aliphatic heterocycles. The first-order valence-electron chi connectivity index (χ1n) is 7.47. The summed E-state index contributed by atoms with van der Waals surface area (Å²) in [6.45, 7) is 4.14. The Labute approximate surface area is 122 Å². The maximum absolute atomic E-state index is 11.2. The van der Waals surface area contributed by atoms with E-state index in [-0.39, 0.29) is 5.91 Å². The van der Waals surface area contributed by atoms with Crippen LogP contribution in [-0.2, 0) is 11.3 Å². The summed E-state index contributed by atoms with van der Waals surface area (Å²) in [5, 5.41) is 0. The molecule has 0 unspecified atom stereocenters. The van der Waals surface area contributed by atoms with Crippen molar-refractivity contribution >= 4 is 11.6 Å². The van der Waals surface area contributed by atoms with Crippen LogP contribution in [0.2, 0.25) is 0 Å². The summed E-state index contributed by atoms with van der Waals surface area (Å²) >= 11 is 0. The monoisotopic (exact) mass is 277 g/mol. The molecule has 1 aromatic carbocycles. The van der Waals surface area contributed by atoms with Gasteiger partial charge < -0.3 is 11.5 Å². The van der Waals surface area contributed by atoms with Crippen LogP contribution < -0.4 is 11.5 Å². The van der Waals surface area contributed by atoms with Gasteiger partial charge in [-0.3, -0.25) is 9.69 Å². The average molecular weight is 277 g/mol. The molecule has 0 spiro atoms. The van der Waals surface area contributed by atoms with Crippen LogP contribution in [0.15, 0.2) is 24.3 Å². The lowest BCUT2D eigenvalue weighted by atomic mass is 10.1. The maximum atomic E-state index is 11.2. The van der Waals surface area contributed by atoms with Gasteiger partial charge in [0.15, 0.2) is 0 Å². The maximum Gasteiger partial charge on any atom is 0.231 e. The molecule has 0 aromatic heterocycles. The lowest BCUT2D eigenvalue weighted by molar-refractivity contribution is -0.119. The minimum absolute atomic E-state index is 0.275. The molecule has 0 saturated heterocycles. The third-order valence-electron chi connectivity index (χ3n) is 3.31. The molecular weight excluding hydrogens is 250 g/mol. The molecule has 20 heavy (non-hydrogen) atoms. The Morgan fingerprint density at radius 1 is 1.20 bits per heavy atom. The normalized spacial score (nSPS) is 10.9. The van der Waals surface area contributed by atoms with Gasteiger partial charge in [-0.2, -0.15) is 0 Å². The second kappa shape index (κ2) is 9.37. The number of benzene rings is 1. The van der Waals surface area contributed by atoms with Crippen molar-refractivity contribution in [1.29, 1.82) is 0 Å². The number of unbranched alkanes of at least 4 members (excludes halogenated alkanes) is 4. The van der Waals surface area contributed by atoms with E-state index in [2.05, 4.69) is 11.8 Å². The zero-order chi connectivity index (χ0) is 14.8. The van der Waals surface area contributed by atoms with Crippen molar-refractivity contribution in [2.45, 2.75) is 45.6 Å². The molecule has 0 aliphatic rings. The van der Waals surface area contributed by atoms with Gasteiger partial charge >= 0.3 is 0 Å². The minimum atomic E-state index is -0.275. The molecule has 4 N–H and O–H groups in total. The van der Waals surface area contributed by atoms with E-state index in [1.54, 1.807) is 0 Å². The van der Waals surface area contributed by atoms with Gasteiger partial charge in [0.2, 0.25) is 5.91 Å². The quantitative estimate of drug-likeness (QED) is 0.510. The highest BCUT2D eigenvalue weighted by Gasteiger charge is 2.09. The van der Waals surface area contributed by atoms with Gasteiger partial charge in [-0.25, -0.2) is 0 Å². The van der Waals surface area contributed by atoms with E-state index < -0.39 is 0 Å². The molecule has 0 saturated carbocycles. The molecule has 1 aromatic rings. The van der Waals surface area contributed by atoms with Gasteiger partial charge in [0.05, 0.1) is 6.54 Å². The van der Waals surface area contributed by atoms with Crippen LogP contribution >= 0.6 is 0 Å². The number of hydrogen-bond donors (Lipinski definition) is 2. The first-order chi connectivity index (χ1) is 9.61. The smallest absolute Gasteiger partial charge is 0.231 e. The number of rotatable bonds is 10. The number of carbonyl (C=O) groups excluding carboxylic acids is 1. The summed E-state index contributed by atoms with van der Waals surface area (Å²) in [5.41, 5.74) is 13.0. The van der Waals surface area contributed by atoms with Crippen molar-refractivity contribution < 1.29 is 4.79 Å². The molecule has 1 rings (SSSR count). The number of nitrogen functional groups attached to an aromatic ring is 1. The molecule has 4 heteroatoms. The molecule has 112 valence electrons. The number of amides is 1. The number of nitrogens with two attached hydrogens (primary N) is 2. The highest BCUT2D eigenvalue weighted by atomic mass is 16.1. The molecule has 0 fully saturated rings. The summed E-state index contributed by atoms with van der Waals surface area (Å²) in [4.78, 5) is 13.3. The molecule has 0 radical (unpaired) electrons.